The molecule has 1 aromatic heterocycles. The Balaban J connectivity index is 1.83. The average Bonchev–Trinajstić information content (AvgIpc) is 2.62. The lowest BCUT2D eigenvalue weighted by molar-refractivity contribution is -0.129. The second kappa shape index (κ2) is 10.3. The van der Waals surface area contributed by atoms with E-state index in [0.717, 1.165) is 51.5 Å². The molecule has 0 spiro atoms. The quantitative estimate of drug-likeness (QED) is 0.725. The van der Waals surface area contributed by atoms with Gasteiger partial charge in [0.1, 0.15) is 5.82 Å². The van der Waals surface area contributed by atoms with Gasteiger partial charge >= 0.3 is 0 Å². The van der Waals surface area contributed by atoms with Crippen molar-refractivity contribution in [2.45, 2.75) is 47.1 Å². The molecule has 0 aromatic carbocycles. The lowest BCUT2D eigenvalue weighted by Crippen LogP contribution is -2.48. The van der Waals surface area contributed by atoms with Crippen LogP contribution in [0.4, 0.5) is 5.82 Å². The molecule has 5 nitrogen and oxygen atoms in total. The van der Waals surface area contributed by atoms with Crippen molar-refractivity contribution in [1.82, 2.24) is 15.2 Å². The Morgan fingerprint density at radius 3 is 2.65 bits per heavy atom. The highest BCUT2D eigenvalue weighted by atomic mass is 16.2. The molecule has 1 fully saturated rings. The van der Waals surface area contributed by atoms with Gasteiger partial charge in [-0.3, -0.25) is 4.79 Å². The summed E-state index contributed by atoms with van der Waals surface area (Å²) in [6, 6.07) is 4.16. The van der Waals surface area contributed by atoms with Crippen molar-refractivity contribution in [3.05, 3.63) is 35.5 Å². The molecule has 5 heteroatoms. The van der Waals surface area contributed by atoms with E-state index in [0.29, 0.717) is 5.92 Å². The summed E-state index contributed by atoms with van der Waals surface area (Å²) in [5.41, 5.74) is 2.63. The van der Waals surface area contributed by atoms with Crippen LogP contribution in [-0.2, 0) is 11.3 Å². The smallest absolute Gasteiger partial charge is 0.219 e. The van der Waals surface area contributed by atoms with Crippen molar-refractivity contribution in [2.24, 2.45) is 5.92 Å². The van der Waals surface area contributed by atoms with Crippen LogP contribution in [0.15, 0.2) is 30.0 Å². The highest BCUT2D eigenvalue weighted by Gasteiger charge is 2.21. The zero-order valence-electron chi connectivity index (χ0n) is 16.8. The van der Waals surface area contributed by atoms with Crippen molar-refractivity contribution in [3.63, 3.8) is 0 Å². The zero-order chi connectivity index (χ0) is 18.9. The van der Waals surface area contributed by atoms with Crippen LogP contribution in [0, 0.1) is 5.92 Å². The van der Waals surface area contributed by atoms with Gasteiger partial charge in [-0.15, -0.1) is 0 Å². The number of carbonyl (C=O) groups excluding carboxylic acids is 1. The number of pyridine rings is 1. The van der Waals surface area contributed by atoms with Crippen LogP contribution in [0.3, 0.4) is 0 Å². The molecule has 1 N–H and O–H groups in total. The molecular formula is C21H34N4O. The number of piperazine rings is 1. The molecule has 2 rings (SSSR count). The largest absolute Gasteiger partial charge is 0.353 e. The van der Waals surface area contributed by atoms with E-state index in [4.69, 9.17) is 0 Å². The predicted octanol–water partition coefficient (Wildman–Crippen LogP) is 3.22. The number of allylic oxidation sites excluding steroid dienone is 2. The van der Waals surface area contributed by atoms with E-state index < -0.39 is 0 Å². The summed E-state index contributed by atoms with van der Waals surface area (Å²) >= 11 is 0. The third-order valence-electron chi connectivity index (χ3n) is 4.91. The summed E-state index contributed by atoms with van der Waals surface area (Å²) in [5.74, 6) is 1.87. The van der Waals surface area contributed by atoms with Crippen molar-refractivity contribution in [2.75, 3.05) is 37.6 Å². The maximum Gasteiger partial charge on any atom is 0.219 e. The van der Waals surface area contributed by atoms with E-state index in [-0.39, 0.29) is 5.91 Å². The van der Waals surface area contributed by atoms with Crippen LogP contribution >= 0.6 is 0 Å². The first-order chi connectivity index (χ1) is 12.5. The number of hydrogen-bond donors (Lipinski definition) is 1. The first kappa shape index (κ1) is 20.4. The van der Waals surface area contributed by atoms with E-state index in [2.05, 4.69) is 48.1 Å². The molecule has 144 valence electrons. The predicted molar refractivity (Wildman–Crippen MR) is 108 cm³/mol. The van der Waals surface area contributed by atoms with Gasteiger partial charge in [0.2, 0.25) is 5.91 Å². The lowest BCUT2D eigenvalue weighted by atomic mass is 10.0. The molecular weight excluding hydrogens is 324 g/mol. The number of anilines is 1. The number of rotatable bonds is 8. The van der Waals surface area contributed by atoms with E-state index in [1.165, 1.54) is 17.6 Å². The van der Waals surface area contributed by atoms with E-state index in [9.17, 15) is 4.79 Å². The zero-order valence-corrected chi connectivity index (χ0v) is 16.8. The number of nitrogens with one attached hydrogen (secondary N) is 1. The number of nitrogens with zero attached hydrogens (tertiary/aromatic N) is 3. The van der Waals surface area contributed by atoms with Gasteiger partial charge in [0.25, 0.3) is 0 Å². The summed E-state index contributed by atoms with van der Waals surface area (Å²) in [5, 5.41) is 3.59. The van der Waals surface area contributed by atoms with E-state index >= 15 is 0 Å². The van der Waals surface area contributed by atoms with Crippen LogP contribution in [-0.4, -0.2) is 48.5 Å². The molecule has 1 amide bonds. The second-order valence-electron chi connectivity index (χ2n) is 7.57. The molecule has 1 atom stereocenters. The van der Waals surface area contributed by atoms with Crippen molar-refractivity contribution in [1.29, 1.82) is 0 Å². The third kappa shape index (κ3) is 6.45. The van der Waals surface area contributed by atoms with Crippen LogP contribution < -0.4 is 10.2 Å². The van der Waals surface area contributed by atoms with Gasteiger partial charge in [-0.05, 0) is 45.2 Å². The fraction of sp³-hybridized carbons (Fsp3) is 0.619. The summed E-state index contributed by atoms with van der Waals surface area (Å²) in [6.07, 6.45) is 6.55. The van der Waals surface area contributed by atoms with Crippen LogP contribution in [0.5, 0.6) is 0 Å². The summed E-state index contributed by atoms with van der Waals surface area (Å²) < 4.78 is 0. The maximum atomic E-state index is 11.5. The molecule has 0 aliphatic carbocycles. The first-order valence-electron chi connectivity index (χ1n) is 9.75. The Bertz CT molecular complexity index is 602. The minimum atomic E-state index is 0.162. The third-order valence-corrected chi connectivity index (χ3v) is 4.91. The first-order valence-corrected chi connectivity index (χ1v) is 9.75. The van der Waals surface area contributed by atoms with Gasteiger partial charge in [-0.2, -0.15) is 0 Å². The number of hydrogen-bond acceptors (Lipinski definition) is 4. The molecule has 0 saturated carbocycles. The van der Waals surface area contributed by atoms with Crippen molar-refractivity contribution < 1.29 is 4.79 Å². The summed E-state index contributed by atoms with van der Waals surface area (Å²) in [4.78, 5) is 20.3. The topological polar surface area (TPSA) is 48.5 Å². The fourth-order valence-corrected chi connectivity index (χ4v) is 3.30. The average molecular weight is 359 g/mol. The van der Waals surface area contributed by atoms with Crippen molar-refractivity contribution >= 4 is 11.7 Å². The van der Waals surface area contributed by atoms with Gasteiger partial charge in [0, 0.05) is 51.4 Å². The highest BCUT2D eigenvalue weighted by Crippen LogP contribution is 2.19. The molecule has 1 aliphatic heterocycles. The molecule has 1 saturated heterocycles. The number of carbonyl (C=O) groups is 1. The van der Waals surface area contributed by atoms with E-state index in [1.54, 1.807) is 6.92 Å². The van der Waals surface area contributed by atoms with Crippen LogP contribution in [0.2, 0.25) is 0 Å². The minimum absolute atomic E-state index is 0.162. The molecule has 1 aromatic rings. The number of amides is 1. The van der Waals surface area contributed by atoms with Crippen LogP contribution in [0.1, 0.15) is 46.1 Å². The highest BCUT2D eigenvalue weighted by molar-refractivity contribution is 5.73. The molecule has 0 bridgehead atoms. The van der Waals surface area contributed by atoms with Crippen molar-refractivity contribution in [3.8, 4) is 0 Å². The monoisotopic (exact) mass is 358 g/mol. The Hall–Kier alpha value is -1.88. The van der Waals surface area contributed by atoms with Crippen LogP contribution in [0.25, 0.3) is 0 Å². The van der Waals surface area contributed by atoms with Gasteiger partial charge in [0.05, 0.1) is 0 Å². The molecule has 26 heavy (non-hydrogen) atoms. The Morgan fingerprint density at radius 2 is 2.00 bits per heavy atom. The minimum Gasteiger partial charge on any atom is -0.353 e. The second-order valence-corrected chi connectivity index (χ2v) is 7.57. The molecule has 1 aliphatic rings. The Kier molecular flexibility index (Phi) is 8.10. The SMILES string of the molecule is CC(=O)N1CCN(c2ncccc2CNC[C@H](C)CCC=C(C)C)CC1. The van der Waals surface area contributed by atoms with Gasteiger partial charge < -0.3 is 15.1 Å². The lowest BCUT2D eigenvalue weighted by Gasteiger charge is -2.35. The van der Waals surface area contributed by atoms with Gasteiger partial charge in [-0.25, -0.2) is 4.98 Å². The fourth-order valence-electron chi connectivity index (χ4n) is 3.30. The Morgan fingerprint density at radius 1 is 1.27 bits per heavy atom. The summed E-state index contributed by atoms with van der Waals surface area (Å²) in [6.45, 7) is 13.4. The standard InChI is InChI=1S/C21H34N4O/c1-17(2)7-5-8-18(3)15-22-16-20-9-6-10-23-21(20)25-13-11-24(12-14-25)19(4)26/h6-7,9-10,18,22H,5,8,11-16H2,1-4H3/t18-/m1/s1. The molecule has 0 radical (unpaired) electrons. The molecule has 0 unspecified atom stereocenters. The van der Waals surface area contributed by atoms with Gasteiger partial charge in [-0.1, -0.05) is 24.6 Å². The van der Waals surface area contributed by atoms with E-state index in [1.807, 2.05) is 17.2 Å². The molecule has 2 heterocycles. The number of aromatic nitrogens is 1. The maximum absolute atomic E-state index is 11.5. The van der Waals surface area contributed by atoms with Gasteiger partial charge in [0.15, 0.2) is 0 Å². The summed E-state index contributed by atoms with van der Waals surface area (Å²) in [7, 11) is 0. The normalized spacial score (nSPS) is 15.7. The Labute approximate surface area is 158 Å².